The highest BCUT2D eigenvalue weighted by Gasteiger charge is 2.26. The summed E-state index contributed by atoms with van der Waals surface area (Å²) in [5, 5.41) is 0. The first-order chi connectivity index (χ1) is 6.54. The molecular weight excluding hydrogens is 192 g/mol. The smallest absolute Gasteiger partial charge is 0.0196 e. The van der Waals surface area contributed by atoms with Crippen molar-refractivity contribution in [1.82, 2.24) is 9.62 Å². The summed E-state index contributed by atoms with van der Waals surface area (Å²) in [6.07, 6.45) is 2.59. The van der Waals surface area contributed by atoms with Crippen molar-refractivity contribution in [1.29, 1.82) is 0 Å². The molecule has 2 nitrogen and oxygen atoms in total. The number of hydrogen-bond acceptors (Lipinski definition) is 3. The zero-order valence-electron chi connectivity index (χ0n) is 9.97. The average molecular weight is 216 g/mol. The Kier molecular flexibility index (Phi) is 4.74. The Morgan fingerprint density at radius 3 is 2.29 bits per heavy atom. The lowest BCUT2D eigenvalue weighted by molar-refractivity contribution is 0.101. The maximum atomic E-state index is 3.53. The van der Waals surface area contributed by atoms with Gasteiger partial charge in [-0.2, -0.15) is 0 Å². The molecular formula is C11H24N2S. The van der Waals surface area contributed by atoms with Gasteiger partial charge in [0.05, 0.1) is 0 Å². The Balaban J connectivity index is 2.24. The number of rotatable bonds is 3. The fraction of sp³-hybridized carbons (Fsp3) is 1.00. The molecule has 1 N–H and O–H groups in total. The summed E-state index contributed by atoms with van der Waals surface area (Å²) < 4.78 is 3.53. The van der Waals surface area contributed by atoms with E-state index in [1.54, 1.807) is 0 Å². The predicted octanol–water partition coefficient (Wildman–Crippen LogP) is 2.51. The molecule has 0 spiro atoms. The Bertz CT molecular complexity index is 157. The second-order valence-electron chi connectivity index (χ2n) is 4.98. The summed E-state index contributed by atoms with van der Waals surface area (Å²) in [7, 11) is 0. The van der Waals surface area contributed by atoms with E-state index in [1.807, 2.05) is 11.9 Å². The fourth-order valence-corrected chi connectivity index (χ4v) is 2.51. The minimum absolute atomic E-state index is 0.350. The van der Waals surface area contributed by atoms with E-state index in [0.29, 0.717) is 5.54 Å². The van der Waals surface area contributed by atoms with Gasteiger partial charge in [0, 0.05) is 30.4 Å². The van der Waals surface area contributed by atoms with E-state index in [0.717, 1.165) is 6.04 Å². The minimum Gasteiger partial charge on any atom is -0.298 e. The van der Waals surface area contributed by atoms with Crippen LogP contribution in [0.4, 0.5) is 0 Å². The van der Waals surface area contributed by atoms with Gasteiger partial charge in [-0.05, 0) is 33.6 Å². The molecule has 0 amide bonds. The molecule has 0 aromatic heterocycles. The van der Waals surface area contributed by atoms with Crippen LogP contribution in [0.25, 0.3) is 0 Å². The predicted molar refractivity (Wildman–Crippen MR) is 65.6 cm³/mol. The maximum Gasteiger partial charge on any atom is 0.0196 e. The molecule has 0 aromatic carbocycles. The van der Waals surface area contributed by atoms with Crippen molar-refractivity contribution in [2.45, 2.75) is 52.1 Å². The number of nitrogens with zero attached hydrogens (tertiary/aromatic N) is 1. The van der Waals surface area contributed by atoms with Crippen LogP contribution in [0.1, 0.15) is 40.5 Å². The molecule has 0 unspecified atom stereocenters. The van der Waals surface area contributed by atoms with Crippen LogP contribution < -0.4 is 4.72 Å². The lowest BCUT2D eigenvalue weighted by atomic mass is 9.99. The molecule has 84 valence electrons. The van der Waals surface area contributed by atoms with Crippen molar-refractivity contribution >= 4 is 11.9 Å². The summed E-state index contributed by atoms with van der Waals surface area (Å²) in [5.74, 6) is 1.17. The molecule has 1 heterocycles. The molecule has 0 saturated carbocycles. The second-order valence-corrected chi connectivity index (χ2v) is 6.08. The highest BCUT2D eigenvalue weighted by molar-refractivity contribution is 7.97. The van der Waals surface area contributed by atoms with Crippen LogP contribution in [-0.2, 0) is 0 Å². The molecule has 1 rings (SSSR count). The van der Waals surface area contributed by atoms with Gasteiger partial charge in [0.25, 0.3) is 0 Å². The molecule has 1 fully saturated rings. The summed E-state index contributed by atoms with van der Waals surface area (Å²) in [6, 6.07) is 0.735. The van der Waals surface area contributed by atoms with Crippen molar-refractivity contribution in [3.63, 3.8) is 0 Å². The van der Waals surface area contributed by atoms with Gasteiger partial charge in [0.2, 0.25) is 0 Å². The normalized spacial score (nSPS) is 21.4. The summed E-state index contributed by atoms with van der Waals surface area (Å²) in [4.78, 5) is 2.59. The summed E-state index contributed by atoms with van der Waals surface area (Å²) >= 11 is 1.85. The number of nitrogens with one attached hydrogen (secondary N) is 1. The average Bonchev–Trinajstić information content (AvgIpc) is 2.14. The van der Waals surface area contributed by atoms with E-state index in [1.165, 1.54) is 31.7 Å². The lowest BCUT2D eigenvalue weighted by Crippen LogP contribution is -2.49. The maximum absolute atomic E-state index is 3.53. The summed E-state index contributed by atoms with van der Waals surface area (Å²) in [5.41, 5.74) is 0.350. The van der Waals surface area contributed by atoms with Crippen LogP contribution in [0.15, 0.2) is 0 Å². The standard InChI is InChI=1S/C11H24N2S/c1-5-14-12-10-6-8-13(9-7-10)11(2,3)4/h10,12H,5-9H2,1-4H3. The highest BCUT2D eigenvalue weighted by Crippen LogP contribution is 2.20. The van der Waals surface area contributed by atoms with Gasteiger partial charge in [-0.25, -0.2) is 0 Å². The third-order valence-corrected chi connectivity index (χ3v) is 3.63. The molecule has 0 atom stereocenters. The molecule has 0 radical (unpaired) electrons. The minimum atomic E-state index is 0.350. The van der Waals surface area contributed by atoms with Crippen LogP contribution in [0.2, 0.25) is 0 Å². The topological polar surface area (TPSA) is 15.3 Å². The van der Waals surface area contributed by atoms with E-state index in [-0.39, 0.29) is 0 Å². The van der Waals surface area contributed by atoms with Gasteiger partial charge >= 0.3 is 0 Å². The van der Waals surface area contributed by atoms with Crippen molar-refractivity contribution < 1.29 is 0 Å². The molecule has 0 aliphatic carbocycles. The van der Waals surface area contributed by atoms with Gasteiger partial charge in [0.15, 0.2) is 0 Å². The number of hydrogen-bond donors (Lipinski definition) is 1. The van der Waals surface area contributed by atoms with Crippen LogP contribution in [0, 0.1) is 0 Å². The van der Waals surface area contributed by atoms with E-state index >= 15 is 0 Å². The summed E-state index contributed by atoms with van der Waals surface area (Å²) in [6.45, 7) is 11.6. The van der Waals surface area contributed by atoms with Crippen molar-refractivity contribution in [2.24, 2.45) is 0 Å². The highest BCUT2D eigenvalue weighted by atomic mass is 32.2. The Morgan fingerprint density at radius 2 is 1.86 bits per heavy atom. The molecule has 1 aliphatic rings. The van der Waals surface area contributed by atoms with E-state index < -0.39 is 0 Å². The van der Waals surface area contributed by atoms with Gasteiger partial charge in [0.1, 0.15) is 0 Å². The first-order valence-corrected chi connectivity index (χ1v) is 6.65. The monoisotopic (exact) mass is 216 g/mol. The molecule has 3 heteroatoms. The van der Waals surface area contributed by atoms with Crippen molar-refractivity contribution in [2.75, 3.05) is 18.8 Å². The van der Waals surface area contributed by atoms with Gasteiger partial charge in [-0.15, -0.1) is 0 Å². The molecule has 0 aromatic rings. The first-order valence-electron chi connectivity index (χ1n) is 5.66. The zero-order chi connectivity index (χ0) is 10.6. The quantitative estimate of drug-likeness (QED) is 0.730. The number of piperidine rings is 1. The van der Waals surface area contributed by atoms with Gasteiger partial charge in [-0.3, -0.25) is 9.62 Å². The van der Waals surface area contributed by atoms with Gasteiger partial charge in [-0.1, -0.05) is 18.9 Å². The molecule has 1 saturated heterocycles. The van der Waals surface area contributed by atoms with Crippen LogP contribution in [0.5, 0.6) is 0 Å². The Labute approximate surface area is 93.0 Å². The van der Waals surface area contributed by atoms with E-state index in [9.17, 15) is 0 Å². The second kappa shape index (κ2) is 5.38. The van der Waals surface area contributed by atoms with Crippen LogP contribution in [0.3, 0.4) is 0 Å². The third-order valence-electron chi connectivity index (χ3n) is 2.84. The van der Waals surface area contributed by atoms with Crippen molar-refractivity contribution in [3.8, 4) is 0 Å². The van der Waals surface area contributed by atoms with Gasteiger partial charge < -0.3 is 0 Å². The van der Waals surface area contributed by atoms with Crippen molar-refractivity contribution in [3.05, 3.63) is 0 Å². The Hall–Kier alpha value is 0.270. The largest absolute Gasteiger partial charge is 0.298 e. The fourth-order valence-electron chi connectivity index (χ4n) is 1.87. The molecule has 14 heavy (non-hydrogen) atoms. The molecule has 1 aliphatic heterocycles. The Morgan fingerprint density at radius 1 is 1.29 bits per heavy atom. The van der Waals surface area contributed by atoms with E-state index in [4.69, 9.17) is 0 Å². The molecule has 0 bridgehead atoms. The zero-order valence-corrected chi connectivity index (χ0v) is 10.8. The SMILES string of the molecule is CCSNC1CCN(C(C)(C)C)CC1. The number of likely N-dealkylation sites (tertiary alicyclic amines) is 1. The lowest BCUT2D eigenvalue weighted by Gasteiger charge is -2.40. The van der Waals surface area contributed by atoms with Crippen LogP contribution >= 0.6 is 11.9 Å². The van der Waals surface area contributed by atoms with E-state index in [2.05, 4.69) is 37.3 Å². The van der Waals surface area contributed by atoms with Crippen LogP contribution in [-0.4, -0.2) is 35.3 Å². The first kappa shape index (κ1) is 12.3. The third kappa shape index (κ3) is 3.79.